The normalized spacial score (nSPS) is 10.8. The van der Waals surface area contributed by atoms with E-state index in [1.165, 1.54) is 12.1 Å². The molecule has 4 rings (SSSR count). The summed E-state index contributed by atoms with van der Waals surface area (Å²) in [5.74, 6) is -0.452. The van der Waals surface area contributed by atoms with Crippen LogP contribution >= 0.6 is 11.6 Å². The fourth-order valence-corrected chi connectivity index (χ4v) is 3.09. The number of nitrogens with zero attached hydrogens (tertiary/aromatic N) is 3. The molecule has 0 spiro atoms. The first-order valence-electron chi connectivity index (χ1n) is 8.31. The summed E-state index contributed by atoms with van der Waals surface area (Å²) < 4.78 is 1.91. The van der Waals surface area contributed by atoms with Gasteiger partial charge in [0.2, 0.25) is 0 Å². The molecule has 0 aliphatic carbocycles. The summed E-state index contributed by atoms with van der Waals surface area (Å²) in [7, 11) is 0. The Morgan fingerprint density at radius 1 is 1.11 bits per heavy atom. The van der Waals surface area contributed by atoms with E-state index in [9.17, 15) is 14.9 Å². The average Bonchev–Trinajstić information content (AvgIpc) is 3.12. The molecule has 7 nitrogen and oxygen atoms in total. The van der Waals surface area contributed by atoms with Gasteiger partial charge in [0.25, 0.3) is 11.6 Å². The highest BCUT2D eigenvalue weighted by Crippen LogP contribution is 2.25. The predicted octanol–water partition coefficient (Wildman–Crippen LogP) is 4.82. The number of nitro benzene ring substituents is 1. The van der Waals surface area contributed by atoms with Crippen LogP contribution in [0.2, 0.25) is 5.02 Å². The number of benzene rings is 2. The number of pyridine rings is 1. The van der Waals surface area contributed by atoms with E-state index in [2.05, 4.69) is 10.3 Å². The molecule has 0 aliphatic rings. The fraction of sp³-hybridized carbons (Fsp3) is 0. The number of imidazole rings is 1. The molecule has 0 atom stereocenters. The highest BCUT2D eigenvalue weighted by atomic mass is 35.5. The van der Waals surface area contributed by atoms with Gasteiger partial charge < -0.3 is 9.72 Å². The van der Waals surface area contributed by atoms with Crippen LogP contribution in [0.4, 0.5) is 11.4 Å². The number of aromatic nitrogens is 2. The zero-order valence-corrected chi connectivity index (χ0v) is 15.1. The maximum atomic E-state index is 12.5. The number of hydrogen-bond donors (Lipinski definition) is 1. The van der Waals surface area contributed by atoms with E-state index in [4.69, 9.17) is 11.6 Å². The summed E-state index contributed by atoms with van der Waals surface area (Å²) in [6, 6.07) is 16.7. The molecule has 1 amide bonds. The van der Waals surface area contributed by atoms with E-state index in [0.717, 1.165) is 23.0 Å². The van der Waals surface area contributed by atoms with Gasteiger partial charge in [0, 0.05) is 35.8 Å². The van der Waals surface area contributed by atoms with Gasteiger partial charge in [-0.25, -0.2) is 4.98 Å². The number of carbonyl (C=O) groups is 1. The van der Waals surface area contributed by atoms with Crippen molar-refractivity contribution in [3.8, 4) is 11.3 Å². The molecule has 0 unspecified atom stereocenters. The van der Waals surface area contributed by atoms with Gasteiger partial charge in [-0.3, -0.25) is 14.9 Å². The maximum absolute atomic E-state index is 12.5. The molecule has 2 aromatic carbocycles. The second-order valence-electron chi connectivity index (χ2n) is 6.05. The Kier molecular flexibility index (Phi) is 4.50. The Labute approximate surface area is 164 Å². The van der Waals surface area contributed by atoms with Gasteiger partial charge in [-0.15, -0.1) is 0 Å². The first-order chi connectivity index (χ1) is 13.5. The largest absolute Gasteiger partial charge is 0.322 e. The molecule has 0 fully saturated rings. The smallest absolute Gasteiger partial charge is 0.270 e. The van der Waals surface area contributed by atoms with Crippen molar-refractivity contribution < 1.29 is 9.72 Å². The number of carbonyl (C=O) groups excluding carboxylic acids is 1. The molecule has 2 aromatic heterocycles. The molecule has 0 aliphatic heterocycles. The van der Waals surface area contributed by atoms with E-state index >= 15 is 0 Å². The van der Waals surface area contributed by atoms with Crippen LogP contribution in [0.15, 0.2) is 73.1 Å². The lowest BCUT2D eigenvalue weighted by Gasteiger charge is -2.08. The van der Waals surface area contributed by atoms with Crippen molar-refractivity contribution in [2.45, 2.75) is 0 Å². The molecule has 0 saturated heterocycles. The van der Waals surface area contributed by atoms with Crippen molar-refractivity contribution in [1.29, 1.82) is 0 Å². The number of amides is 1. The number of anilines is 1. The molecule has 0 bridgehead atoms. The van der Waals surface area contributed by atoms with Gasteiger partial charge >= 0.3 is 0 Å². The van der Waals surface area contributed by atoms with Crippen LogP contribution < -0.4 is 5.32 Å². The summed E-state index contributed by atoms with van der Waals surface area (Å²) in [6.07, 6.45) is 3.82. The van der Waals surface area contributed by atoms with Crippen molar-refractivity contribution in [2.24, 2.45) is 0 Å². The maximum Gasteiger partial charge on any atom is 0.270 e. The van der Waals surface area contributed by atoms with Crippen molar-refractivity contribution in [1.82, 2.24) is 9.38 Å². The topological polar surface area (TPSA) is 89.5 Å². The molecule has 138 valence electrons. The number of nitro groups is 1. The van der Waals surface area contributed by atoms with E-state index in [1.807, 2.05) is 47.1 Å². The van der Waals surface area contributed by atoms with E-state index in [-0.39, 0.29) is 16.3 Å². The summed E-state index contributed by atoms with van der Waals surface area (Å²) in [5.41, 5.74) is 2.99. The number of nitrogens with one attached hydrogen (secondary N) is 1. The monoisotopic (exact) mass is 392 g/mol. The van der Waals surface area contributed by atoms with Crippen molar-refractivity contribution in [3.63, 3.8) is 0 Å². The quantitative estimate of drug-likeness (QED) is 0.398. The highest BCUT2D eigenvalue weighted by Gasteiger charge is 2.15. The van der Waals surface area contributed by atoms with Crippen molar-refractivity contribution in [3.05, 3.63) is 93.8 Å². The Bertz CT molecular complexity index is 1190. The summed E-state index contributed by atoms with van der Waals surface area (Å²) >= 11 is 6.03. The van der Waals surface area contributed by atoms with Crippen LogP contribution in [0.1, 0.15) is 10.4 Å². The van der Waals surface area contributed by atoms with E-state index in [1.54, 1.807) is 12.1 Å². The van der Waals surface area contributed by atoms with Crippen LogP contribution in [0.3, 0.4) is 0 Å². The third-order valence-electron chi connectivity index (χ3n) is 4.19. The van der Waals surface area contributed by atoms with Crippen LogP contribution in [0.5, 0.6) is 0 Å². The fourth-order valence-electron chi connectivity index (χ4n) is 2.83. The summed E-state index contributed by atoms with van der Waals surface area (Å²) in [6.45, 7) is 0. The van der Waals surface area contributed by atoms with Gasteiger partial charge in [0.15, 0.2) is 0 Å². The summed E-state index contributed by atoms with van der Waals surface area (Å²) in [4.78, 5) is 27.3. The number of hydrogen-bond acceptors (Lipinski definition) is 4. The minimum absolute atomic E-state index is 0.0169. The Morgan fingerprint density at radius 2 is 1.96 bits per heavy atom. The molecule has 8 heteroatoms. The van der Waals surface area contributed by atoms with E-state index in [0.29, 0.717) is 5.69 Å². The molecule has 0 saturated carbocycles. The van der Waals surface area contributed by atoms with Crippen LogP contribution in [0, 0.1) is 10.1 Å². The number of rotatable bonds is 4. The molecule has 1 N–H and O–H groups in total. The van der Waals surface area contributed by atoms with Crippen molar-refractivity contribution >= 4 is 34.5 Å². The molecule has 2 heterocycles. The molecular weight excluding hydrogens is 380 g/mol. The van der Waals surface area contributed by atoms with Crippen LogP contribution in [-0.4, -0.2) is 20.2 Å². The second kappa shape index (κ2) is 7.13. The van der Waals surface area contributed by atoms with Crippen LogP contribution in [0.25, 0.3) is 16.9 Å². The molecular formula is C20H13ClN4O3. The number of fused-ring (bicyclic) bond motifs is 1. The standard InChI is InChI=1S/C20H13ClN4O3/c21-17-11-15(25(27)28)7-8-16(17)20(26)22-14-5-3-4-13(10-14)18-12-24-9-2-1-6-19(24)23-18/h1-12H,(H,22,26). The third kappa shape index (κ3) is 3.43. The number of halogens is 1. The average molecular weight is 393 g/mol. The van der Waals surface area contributed by atoms with Crippen LogP contribution in [-0.2, 0) is 0 Å². The Balaban J connectivity index is 1.60. The highest BCUT2D eigenvalue weighted by molar-refractivity contribution is 6.34. The third-order valence-corrected chi connectivity index (χ3v) is 4.50. The molecule has 4 aromatic rings. The second-order valence-corrected chi connectivity index (χ2v) is 6.46. The van der Waals surface area contributed by atoms with Crippen molar-refractivity contribution in [2.75, 3.05) is 5.32 Å². The van der Waals surface area contributed by atoms with Gasteiger partial charge in [-0.1, -0.05) is 29.8 Å². The first-order valence-corrected chi connectivity index (χ1v) is 8.68. The van der Waals surface area contributed by atoms with Gasteiger partial charge in [-0.2, -0.15) is 0 Å². The Hall–Kier alpha value is -3.71. The van der Waals surface area contributed by atoms with E-state index < -0.39 is 10.8 Å². The minimum Gasteiger partial charge on any atom is -0.322 e. The molecule has 0 radical (unpaired) electrons. The lowest BCUT2D eigenvalue weighted by Crippen LogP contribution is -2.12. The predicted molar refractivity (Wildman–Crippen MR) is 107 cm³/mol. The van der Waals surface area contributed by atoms with Gasteiger partial charge in [0.05, 0.1) is 21.2 Å². The number of non-ortho nitro benzene ring substituents is 1. The summed E-state index contributed by atoms with van der Waals surface area (Å²) in [5, 5.41) is 13.6. The van der Waals surface area contributed by atoms with Gasteiger partial charge in [-0.05, 0) is 30.3 Å². The first kappa shape index (κ1) is 17.7. The lowest BCUT2D eigenvalue weighted by atomic mass is 10.1. The van der Waals surface area contributed by atoms with Gasteiger partial charge in [0.1, 0.15) is 5.65 Å². The zero-order valence-electron chi connectivity index (χ0n) is 14.4. The SMILES string of the molecule is O=C(Nc1cccc(-c2cn3ccccc3n2)c1)c1ccc([N+](=O)[O-])cc1Cl. The zero-order chi connectivity index (χ0) is 19.7. The molecule has 28 heavy (non-hydrogen) atoms. The lowest BCUT2D eigenvalue weighted by molar-refractivity contribution is -0.384. The minimum atomic E-state index is -0.564. The Morgan fingerprint density at radius 3 is 2.71 bits per heavy atom.